The third-order valence-corrected chi connectivity index (χ3v) is 8.33. The highest BCUT2D eigenvalue weighted by atomic mass is 16.5. The number of hydrogen-bond donors (Lipinski definition) is 1. The number of nitrogens with zero attached hydrogens (tertiary/aromatic N) is 5. The van der Waals surface area contributed by atoms with E-state index in [1.165, 1.54) is 31.2 Å². The van der Waals surface area contributed by atoms with Gasteiger partial charge in [-0.15, -0.1) is 0 Å². The first kappa shape index (κ1) is 26.6. The Bertz CT molecular complexity index is 1250. The monoisotopic (exact) mass is 515 g/mol. The van der Waals surface area contributed by atoms with Gasteiger partial charge in [0.05, 0.1) is 30.0 Å². The van der Waals surface area contributed by atoms with Gasteiger partial charge in [0.2, 0.25) is 0 Å². The summed E-state index contributed by atoms with van der Waals surface area (Å²) in [6.45, 7) is 7.48. The third-order valence-electron chi connectivity index (χ3n) is 8.33. The molecule has 38 heavy (non-hydrogen) atoms. The molecule has 0 spiro atoms. The molecule has 7 heteroatoms. The van der Waals surface area contributed by atoms with Gasteiger partial charge in [-0.05, 0) is 63.1 Å². The minimum atomic E-state index is -0.319. The van der Waals surface area contributed by atoms with Crippen LogP contribution in [-0.2, 0) is 0 Å². The van der Waals surface area contributed by atoms with E-state index >= 15 is 0 Å². The molecule has 1 N–H and O–H groups in total. The molecule has 0 bridgehead atoms. The van der Waals surface area contributed by atoms with Crippen molar-refractivity contribution in [2.24, 2.45) is 11.8 Å². The smallest absolute Gasteiger partial charge is 0.302 e. The fourth-order valence-corrected chi connectivity index (χ4v) is 6.34. The number of imidazole rings is 1. The highest BCUT2D eigenvalue weighted by molar-refractivity contribution is 5.72. The van der Waals surface area contributed by atoms with E-state index in [9.17, 15) is 10.4 Å². The predicted molar refractivity (Wildman–Crippen MR) is 149 cm³/mol. The van der Waals surface area contributed by atoms with E-state index in [1.54, 1.807) is 0 Å². The van der Waals surface area contributed by atoms with Crippen molar-refractivity contribution in [2.45, 2.75) is 77.2 Å². The average Bonchev–Trinajstić information content (AvgIpc) is 3.40. The van der Waals surface area contributed by atoms with Crippen LogP contribution in [0.5, 0.6) is 6.01 Å². The first-order valence-corrected chi connectivity index (χ1v) is 14.4. The number of likely N-dealkylation sites (tertiary alicyclic amines) is 1. The van der Waals surface area contributed by atoms with E-state index in [2.05, 4.69) is 17.9 Å². The van der Waals surface area contributed by atoms with Crippen LogP contribution in [0.25, 0.3) is 16.9 Å². The topological polar surface area (TPSA) is 86.7 Å². The lowest BCUT2D eigenvalue weighted by molar-refractivity contribution is 0.0778. The maximum atomic E-state index is 9.84. The number of rotatable bonds is 7. The van der Waals surface area contributed by atoms with Crippen LogP contribution in [0, 0.1) is 23.2 Å². The molecule has 3 heterocycles. The Labute approximate surface area is 226 Å². The van der Waals surface area contributed by atoms with E-state index in [1.807, 2.05) is 48.0 Å². The van der Waals surface area contributed by atoms with Crippen LogP contribution < -0.4 is 4.74 Å². The zero-order valence-electron chi connectivity index (χ0n) is 22.9. The largest absolute Gasteiger partial charge is 0.464 e. The Balaban J connectivity index is 1.49. The molecule has 4 atom stereocenters. The minimum Gasteiger partial charge on any atom is -0.464 e. The number of nitriles is 1. The van der Waals surface area contributed by atoms with Gasteiger partial charge in [0.1, 0.15) is 5.65 Å². The molecule has 2 aromatic heterocycles. The van der Waals surface area contributed by atoms with Gasteiger partial charge in [0.15, 0.2) is 0 Å². The fourth-order valence-electron chi connectivity index (χ4n) is 6.34. The number of hydrogen-bond acceptors (Lipinski definition) is 6. The second-order valence-electron chi connectivity index (χ2n) is 11.6. The summed E-state index contributed by atoms with van der Waals surface area (Å²) in [5.41, 5.74) is 4.73. The van der Waals surface area contributed by atoms with Crippen LogP contribution in [-0.4, -0.2) is 56.7 Å². The van der Waals surface area contributed by atoms with Crippen molar-refractivity contribution < 1.29 is 9.84 Å². The van der Waals surface area contributed by atoms with Crippen LogP contribution in [0.15, 0.2) is 36.7 Å². The summed E-state index contributed by atoms with van der Waals surface area (Å²) in [5, 5.41) is 19.2. The van der Waals surface area contributed by atoms with Crippen molar-refractivity contribution >= 4 is 5.65 Å². The highest BCUT2D eigenvalue weighted by Crippen LogP contribution is 2.40. The minimum absolute atomic E-state index is 0.319. The van der Waals surface area contributed by atoms with Gasteiger partial charge in [-0.3, -0.25) is 4.40 Å². The van der Waals surface area contributed by atoms with Gasteiger partial charge in [0.25, 0.3) is 0 Å². The van der Waals surface area contributed by atoms with E-state index in [0.717, 1.165) is 61.6 Å². The number of benzene rings is 1. The molecule has 5 rings (SSSR count). The molecule has 1 aliphatic heterocycles. The van der Waals surface area contributed by atoms with Gasteiger partial charge in [0, 0.05) is 42.5 Å². The van der Waals surface area contributed by atoms with E-state index in [-0.39, 0.29) is 6.10 Å². The van der Waals surface area contributed by atoms with Crippen LogP contribution >= 0.6 is 0 Å². The number of β-amino-alcohol motifs (C(OH)–C–C–N with tert-alkyl or cyclic N) is 1. The van der Waals surface area contributed by atoms with E-state index < -0.39 is 0 Å². The van der Waals surface area contributed by atoms with Crippen LogP contribution in [0.3, 0.4) is 0 Å². The SMILES string of the molecule is CC1CCCCC(c2c(-c3ccc(C#N)cc3)nc(OCC3CCCN(C[C@H](C)O)C3)n3ccnc23)CC1. The summed E-state index contributed by atoms with van der Waals surface area (Å²) < 4.78 is 8.48. The molecule has 0 amide bonds. The van der Waals surface area contributed by atoms with E-state index in [4.69, 9.17) is 14.7 Å². The lowest BCUT2D eigenvalue weighted by Crippen LogP contribution is -2.41. The lowest BCUT2D eigenvalue weighted by Gasteiger charge is -2.33. The second kappa shape index (κ2) is 12.3. The Kier molecular flexibility index (Phi) is 8.61. The normalized spacial score (nSPS) is 23.9. The summed E-state index contributed by atoms with van der Waals surface area (Å²) >= 11 is 0. The average molecular weight is 516 g/mol. The third kappa shape index (κ3) is 6.19. The quantitative estimate of drug-likeness (QED) is 0.427. The highest BCUT2D eigenvalue weighted by Gasteiger charge is 2.27. The molecule has 7 nitrogen and oxygen atoms in total. The van der Waals surface area contributed by atoms with Gasteiger partial charge in [-0.1, -0.05) is 44.7 Å². The van der Waals surface area contributed by atoms with Crippen molar-refractivity contribution in [2.75, 3.05) is 26.2 Å². The van der Waals surface area contributed by atoms with Gasteiger partial charge in [-0.25, -0.2) is 4.98 Å². The number of aliphatic hydroxyl groups is 1. The summed E-state index contributed by atoms with van der Waals surface area (Å²) in [5.74, 6) is 1.53. The summed E-state index contributed by atoms with van der Waals surface area (Å²) in [6, 6.07) is 10.6. The Hall–Kier alpha value is -2.95. The first-order valence-electron chi connectivity index (χ1n) is 14.4. The molecular weight excluding hydrogens is 474 g/mol. The zero-order chi connectivity index (χ0) is 26.5. The maximum Gasteiger partial charge on any atom is 0.302 e. The Morgan fingerprint density at radius 2 is 1.92 bits per heavy atom. The maximum absolute atomic E-state index is 9.84. The molecule has 3 unspecified atom stereocenters. The van der Waals surface area contributed by atoms with Crippen LogP contribution in [0.4, 0.5) is 0 Å². The Morgan fingerprint density at radius 3 is 2.71 bits per heavy atom. The van der Waals surface area contributed by atoms with Crippen molar-refractivity contribution in [1.82, 2.24) is 19.3 Å². The second-order valence-corrected chi connectivity index (χ2v) is 11.6. The lowest BCUT2D eigenvalue weighted by atomic mass is 9.81. The fraction of sp³-hybridized carbons (Fsp3) is 0.581. The molecule has 1 aromatic carbocycles. The van der Waals surface area contributed by atoms with E-state index in [0.29, 0.717) is 36.6 Å². The van der Waals surface area contributed by atoms with Gasteiger partial charge < -0.3 is 14.7 Å². The van der Waals surface area contributed by atoms with Crippen LogP contribution in [0.2, 0.25) is 0 Å². The number of fused-ring (bicyclic) bond motifs is 1. The van der Waals surface area contributed by atoms with Gasteiger partial charge >= 0.3 is 6.01 Å². The molecule has 1 saturated carbocycles. The molecule has 1 saturated heterocycles. The van der Waals surface area contributed by atoms with Gasteiger partial charge in [-0.2, -0.15) is 10.2 Å². The van der Waals surface area contributed by atoms with Crippen molar-refractivity contribution in [1.29, 1.82) is 5.26 Å². The molecule has 1 aliphatic carbocycles. The van der Waals surface area contributed by atoms with Crippen molar-refractivity contribution in [3.63, 3.8) is 0 Å². The zero-order valence-corrected chi connectivity index (χ0v) is 22.9. The number of piperidine rings is 1. The standard InChI is InChI=1S/C31H41N5O2/c1-22-6-3-4-8-26(12-9-22)28-29(27-13-10-24(18-32)11-14-27)34-31(36-17-15-33-30(28)36)38-21-25-7-5-16-35(20-25)19-23(2)37/h10-11,13-15,17,22-23,25-26,37H,3-9,12,16,19-21H2,1-2H3/t22?,23-,25?,26?/m0/s1. The molecule has 2 fully saturated rings. The summed E-state index contributed by atoms with van der Waals surface area (Å²) in [4.78, 5) is 12.3. The van der Waals surface area contributed by atoms with Crippen LogP contribution in [0.1, 0.15) is 82.3 Å². The van der Waals surface area contributed by atoms with Crippen molar-refractivity contribution in [3.05, 3.63) is 47.8 Å². The molecule has 202 valence electrons. The summed E-state index contributed by atoms with van der Waals surface area (Å²) in [6.07, 6.45) is 13.0. The number of aromatic nitrogens is 3. The van der Waals surface area contributed by atoms with Crippen molar-refractivity contribution in [3.8, 4) is 23.3 Å². The summed E-state index contributed by atoms with van der Waals surface area (Å²) in [7, 11) is 0. The Morgan fingerprint density at radius 1 is 1.11 bits per heavy atom. The first-order chi connectivity index (χ1) is 18.5. The molecule has 2 aliphatic rings. The number of aliphatic hydroxyl groups excluding tert-OH is 1. The molecule has 0 radical (unpaired) electrons. The predicted octanol–water partition coefficient (Wildman–Crippen LogP) is 5.81. The molecular formula is C31H41N5O2. The molecule has 3 aromatic rings. The number of ether oxygens (including phenoxy) is 1.